The molecule has 3 heterocycles. The van der Waals surface area contributed by atoms with Gasteiger partial charge in [-0.25, -0.2) is 42.3 Å². The Bertz CT molecular complexity index is 4140. The summed E-state index contributed by atoms with van der Waals surface area (Å²) >= 11 is 19.0. The molecule has 0 aliphatic carbocycles. The normalized spacial score (nSPS) is 13.4. The fourth-order valence-corrected chi connectivity index (χ4v) is 11.9. The highest BCUT2D eigenvalue weighted by Gasteiger charge is 2.50. The summed E-state index contributed by atoms with van der Waals surface area (Å²) in [5.74, 6) is -5.28. The number of cyclic esters (lactones) is 4. The first-order valence-electron chi connectivity index (χ1n) is 24.4. The van der Waals surface area contributed by atoms with Gasteiger partial charge in [0.25, 0.3) is 5.91 Å². The Kier molecular flexibility index (Phi) is 19.4. The molecule has 3 amide bonds. The summed E-state index contributed by atoms with van der Waals surface area (Å²) in [6.07, 6.45) is 0. The van der Waals surface area contributed by atoms with Crippen LogP contribution in [0.5, 0.6) is 0 Å². The number of imide groups is 1. The van der Waals surface area contributed by atoms with E-state index in [9.17, 15) is 43.2 Å². The van der Waals surface area contributed by atoms with Crippen LogP contribution in [0, 0.1) is 0 Å². The van der Waals surface area contributed by atoms with Crippen molar-refractivity contribution < 1.29 is 67.9 Å². The van der Waals surface area contributed by atoms with Gasteiger partial charge in [0.1, 0.15) is 5.54 Å². The highest BCUT2D eigenvalue weighted by Crippen LogP contribution is 2.34. The van der Waals surface area contributed by atoms with Gasteiger partial charge in [-0.2, -0.15) is 3.93 Å². The molecule has 3 N–H and O–H groups in total. The minimum absolute atomic E-state index is 0.278. The number of esters is 4. The van der Waals surface area contributed by atoms with Crippen molar-refractivity contribution in [2.24, 2.45) is 0 Å². The predicted octanol–water partition coefficient (Wildman–Crippen LogP) is 16.6. The van der Waals surface area contributed by atoms with Gasteiger partial charge < -0.3 is 24.8 Å². The quantitative estimate of drug-likeness (QED) is 0.0645. The van der Waals surface area contributed by atoms with Gasteiger partial charge in [-0.3, -0.25) is 4.79 Å². The van der Waals surface area contributed by atoms with Crippen LogP contribution in [0.2, 0.25) is 0 Å². The number of halogens is 6. The third-order valence-electron chi connectivity index (χ3n) is 12.8. The van der Waals surface area contributed by atoms with Crippen molar-refractivity contribution >= 4 is 204 Å². The molecule has 3 aliphatic rings. The molecule has 10 aromatic carbocycles. The van der Waals surface area contributed by atoms with Crippen molar-refractivity contribution in [3.05, 3.63) is 233 Å². The molecule has 1 saturated heterocycles. The number of hydrogen-bond acceptors (Lipinski definition) is 11. The van der Waals surface area contributed by atoms with E-state index in [1.165, 1.54) is 3.93 Å². The van der Waals surface area contributed by atoms with Gasteiger partial charge in [0.05, 0.1) is 71.2 Å². The van der Waals surface area contributed by atoms with Gasteiger partial charge in [0, 0.05) is 28.7 Å². The maximum Gasteiger partial charge on any atom is 0.348 e. The number of hydrogen-bond donors (Lipinski definition) is 3. The molecule has 0 atom stereocenters. The summed E-state index contributed by atoms with van der Waals surface area (Å²) in [6.45, 7) is 3.31. The molecule has 0 unspecified atom stereocenters. The third-order valence-corrected chi connectivity index (χ3v) is 16.4. The van der Waals surface area contributed by atoms with Crippen LogP contribution >= 0.6 is 96.0 Å². The second kappa shape index (κ2) is 26.3. The molecule has 0 spiro atoms. The average molecular weight is 1510 g/mol. The lowest BCUT2D eigenvalue weighted by atomic mass is 9.97. The number of fused-ring (bicyclic) bond motifs is 3. The van der Waals surface area contributed by atoms with Gasteiger partial charge in [0.2, 0.25) is 0 Å². The number of carboxylic acid groups (broad SMARTS) is 3. The Balaban J connectivity index is 0.000000132. The van der Waals surface area contributed by atoms with Crippen LogP contribution in [-0.4, -0.2) is 82.4 Å². The zero-order chi connectivity index (χ0) is 60.9. The molecule has 10 aromatic rings. The molecular formula is C62H38Br6N2O14. The summed E-state index contributed by atoms with van der Waals surface area (Å²) in [6, 6.07) is 51.9. The second-order valence-corrected chi connectivity index (χ2v) is 23.6. The van der Waals surface area contributed by atoms with E-state index >= 15 is 0 Å². The number of nitrogens with zero attached hydrogens (tertiary/aromatic N) is 2. The monoisotopic (exact) mass is 1510 g/mol. The number of carbonyl (C=O) groups is 9. The van der Waals surface area contributed by atoms with Crippen molar-refractivity contribution in [1.82, 2.24) is 7.85 Å². The van der Waals surface area contributed by atoms with E-state index in [4.69, 9.17) is 15.3 Å². The molecule has 0 aromatic heterocycles. The second-order valence-electron chi connectivity index (χ2n) is 18.6. The van der Waals surface area contributed by atoms with Crippen LogP contribution in [0.1, 0.15) is 86.4 Å². The van der Waals surface area contributed by atoms with Crippen molar-refractivity contribution in [3.63, 3.8) is 0 Å². The standard InChI is InChI=1S/C12H5BrO3.C12H6O3.3C11H7BrO2.C5H6Br2N2O2/c13-7-4-6-2-1-3-8-10(6)9(5-7)12(15)16-11(8)14;13-11-8-5-1-3-7-4-2-6-9(10(7)8)12(14)15-11;3*12-8-5-7-3-1-2-4-9(7)10(6-8)11(13)14;1-5(2)3(10)8(6)4(11)9(5)7/h1-5H;1-6H;3*1-6H,(H,13,14);1-2H3. The molecule has 84 heavy (non-hydrogen) atoms. The maximum atomic E-state index is 11.6. The summed E-state index contributed by atoms with van der Waals surface area (Å²) in [5, 5.41) is 35.2. The largest absolute Gasteiger partial charge is 0.478 e. The van der Waals surface area contributed by atoms with E-state index in [1.54, 1.807) is 74.5 Å². The van der Waals surface area contributed by atoms with E-state index in [-0.39, 0.29) is 5.91 Å². The molecule has 0 bridgehead atoms. The molecule has 22 heteroatoms. The molecule has 0 saturated carbocycles. The zero-order valence-electron chi connectivity index (χ0n) is 43.2. The lowest BCUT2D eigenvalue weighted by Gasteiger charge is -2.19. The van der Waals surface area contributed by atoms with Crippen LogP contribution in [0.15, 0.2) is 194 Å². The lowest BCUT2D eigenvalue weighted by Crippen LogP contribution is -2.37. The fourth-order valence-electron chi connectivity index (χ4n) is 8.87. The summed E-state index contributed by atoms with van der Waals surface area (Å²) in [4.78, 5) is 101. The van der Waals surface area contributed by atoms with Gasteiger partial charge in [-0.05, 0) is 124 Å². The van der Waals surface area contributed by atoms with Crippen LogP contribution in [0.3, 0.4) is 0 Å². The zero-order valence-corrected chi connectivity index (χ0v) is 52.8. The van der Waals surface area contributed by atoms with E-state index in [2.05, 4.69) is 105 Å². The average Bonchev–Trinajstić information content (AvgIpc) is 1.50. The van der Waals surface area contributed by atoms with E-state index in [0.29, 0.717) is 49.7 Å². The van der Waals surface area contributed by atoms with Crippen molar-refractivity contribution in [2.45, 2.75) is 19.4 Å². The lowest BCUT2D eigenvalue weighted by molar-refractivity contribution is -0.127. The van der Waals surface area contributed by atoms with E-state index in [1.807, 2.05) is 115 Å². The molecule has 1 fully saturated rings. The fraction of sp³-hybridized carbons (Fsp3) is 0.0484. The van der Waals surface area contributed by atoms with Gasteiger partial charge in [-0.1, -0.05) is 173 Å². The first kappa shape index (κ1) is 62.1. The van der Waals surface area contributed by atoms with Crippen molar-refractivity contribution in [1.29, 1.82) is 0 Å². The van der Waals surface area contributed by atoms with Crippen LogP contribution in [0.4, 0.5) is 4.79 Å². The van der Waals surface area contributed by atoms with Gasteiger partial charge in [-0.15, -0.1) is 0 Å². The molecule has 3 aliphatic heterocycles. The van der Waals surface area contributed by atoms with Gasteiger partial charge in [0.15, 0.2) is 0 Å². The number of carboxylic acids is 3. The SMILES string of the molecule is CC1(C)C(=O)N(Br)C(=O)N1Br.O=C(O)c1cc(Br)cc2ccccc12.O=C(O)c1cc(Br)cc2ccccc12.O=C(O)c1cc(Br)cc2ccccc12.O=C1OC(=O)c2cc(Br)cc3cccc1c23.O=C1OC(=O)c2cccc3cccc1c23. The van der Waals surface area contributed by atoms with E-state index < -0.39 is 53.4 Å². The predicted molar refractivity (Wildman–Crippen MR) is 337 cm³/mol. The number of benzene rings is 10. The molecular weight excluding hydrogens is 1480 g/mol. The molecule has 0 radical (unpaired) electrons. The Labute approximate surface area is 527 Å². The minimum Gasteiger partial charge on any atom is -0.478 e. The number of rotatable bonds is 3. The Morgan fingerprint density at radius 2 is 0.690 bits per heavy atom. The molecule has 422 valence electrons. The highest BCUT2D eigenvalue weighted by molar-refractivity contribution is 9.11. The minimum atomic E-state index is -0.900. The number of carbonyl (C=O) groups excluding carboxylic acids is 6. The van der Waals surface area contributed by atoms with Crippen molar-refractivity contribution in [3.8, 4) is 0 Å². The first-order valence-corrected chi connectivity index (χ1v) is 29.0. The number of aromatic carboxylic acids is 3. The number of ether oxygens (including phenoxy) is 2. The molecule has 13 rings (SSSR count). The van der Waals surface area contributed by atoms with Crippen LogP contribution < -0.4 is 0 Å². The smallest absolute Gasteiger partial charge is 0.348 e. The summed E-state index contributed by atoms with van der Waals surface area (Å²) < 4.78 is 14.5. The summed E-state index contributed by atoms with van der Waals surface area (Å²) in [5.41, 5.74) is 1.98. The topological polar surface area (TPSA) is 239 Å². The Morgan fingerprint density at radius 3 is 1.01 bits per heavy atom. The first-order chi connectivity index (χ1) is 39.9. The van der Waals surface area contributed by atoms with Crippen LogP contribution in [0.25, 0.3) is 53.9 Å². The third kappa shape index (κ3) is 13.5. The van der Waals surface area contributed by atoms with Crippen LogP contribution in [-0.2, 0) is 14.3 Å². The summed E-state index contributed by atoms with van der Waals surface area (Å²) in [7, 11) is 0. The maximum absolute atomic E-state index is 11.6. The molecule has 16 nitrogen and oxygen atoms in total. The Hall–Kier alpha value is -7.99. The number of urea groups is 1. The van der Waals surface area contributed by atoms with Crippen molar-refractivity contribution in [2.75, 3.05) is 0 Å². The van der Waals surface area contributed by atoms with Gasteiger partial charge >= 0.3 is 47.8 Å². The highest BCUT2D eigenvalue weighted by atomic mass is 79.9. The number of amides is 3. The van der Waals surface area contributed by atoms with E-state index in [0.717, 1.165) is 64.9 Å². The Morgan fingerprint density at radius 1 is 0.393 bits per heavy atom.